The van der Waals surface area contributed by atoms with Gasteiger partial charge in [0.1, 0.15) is 0 Å². The molecule has 4 aromatic rings. The summed E-state index contributed by atoms with van der Waals surface area (Å²) in [7, 11) is 0. The van der Waals surface area contributed by atoms with Crippen LogP contribution in [-0.4, -0.2) is 0 Å². The highest BCUT2D eigenvalue weighted by molar-refractivity contribution is 9.10. The monoisotopic (exact) mass is 410 g/mol. The van der Waals surface area contributed by atoms with E-state index in [1.807, 2.05) is 0 Å². The van der Waals surface area contributed by atoms with Gasteiger partial charge in [-0.25, -0.2) is 0 Å². The van der Waals surface area contributed by atoms with Crippen LogP contribution < -0.4 is 0 Å². The molecule has 0 unspecified atom stereocenters. The minimum absolute atomic E-state index is 1.07. The lowest BCUT2D eigenvalue weighted by atomic mass is 10.1. The van der Waals surface area contributed by atoms with E-state index in [9.17, 15) is 0 Å². The summed E-state index contributed by atoms with van der Waals surface area (Å²) < 4.78 is 1.17. The lowest BCUT2D eigenvalue weighted by Gasteiger charge is -1.99. The Morgan fingerprint density at radius 2 is 0.852 bits per heavy atom. The second kappa shape index (κ2) is 6.83. The van der Waals surface area contributed by atoms with Crippen molar-refractivity contribution in [1.29, 1.82) is 0 Å². The second-order valence-electron chi connectivity index (χ2n) is 7.13. The van der Waals surface area contributed by atoms with Crippen LogP contribution in [-0.2, 0) is 12.8 Å². The average Bonchev–Trinajstić information content (AvgIpc) is 3.26. The summed E-state index contributed by atoms with van der Waals surface area (Å²) in [6, 6.07) is 32.5. The Kier molecular flexibility index (Phi) is 4.18. The molecule has 0 heterocycles. The number of hydrogen-bond acceptors (Lipinski definition) is 0. The van der Waals surface area contributed by atoms with Gasteiger partial charge in [-0.3, -0.25) is 0 Å². The lowest BCUT2D eigenvalue weighted by Crippen LogP contribution is -1.78. The minimum Gasteiger partial charge on any atom is -0.0619 e. The first kappa shape index (κ1) is 16.5. The normalized spacial score (nSPS) is 12.3. The van der Waals surface area contributed by atoms with Crippen LogP contribution in [0, 0.1) is 0 Å². The highest BCUT2D eigenvalue weighted by atomic mass is 79.9. The van der Waals surface area contributed by atoms with E-state index in [2.05, 4.69) is 107 Å². The number of hydrogen-bond donors (Lipinski definition) is 0. The van der Waals surface area contributed by atoms with Gasteiger partial charge in [-0.05, 0) is 69.5 Å². The van der Waals surface area contributed by atoms with Crippen molar-refractivity contribution in [2.24, 2.45) is 0 Å². The summed E-state index contributed by atoms with van der Waals surface area (Å²) in [5, 5.41) is 0. The topological polar surface area (TPSA) is 0 Å². The van der Waals surface area contributed by atoms with Crippen molar-refractivity contribution in [1.82, 2.24) is 0 Å². The molecule has 2 aliphatic rings. The molecule has 0 atom stereocenters. The Morgan fingerprint density at radius 1 is 0.444 bits per heavy atom. The van der Waals surface area contributed by atoms with Crippen molar-refractivity contribution in [3.63, 3.8) is 0 Å². The zero-order valence-corrected chi connectivity index (χ0v) is 16.5. The van der Waals surface area contributed by atoms with Crippen molar-refractivity contribution in [2.75, 3.05) is 0 Å². The molecule has 0 bridgehead atoms. The smallest absolute Gasteiger partial charge is 0.0178 e. The van der Waals surface area contributed by atoms with E-state index in [0.717, 1.165) is 12.8 Å². The molecule has 0 saturated heterocycles. The van der Waals surface area contributed by atoms with E-state index in [-0.39, 0.29) is 0 Å². The third kappa shape index (κ3) is 3.02. The van der Waals surface area contributed by atoms with Crippen molar-refractivity contribution < 1.29 is 0 Å². The molecule has 27 heavy (non-hydrogen) atoms. The molecule has 1 heteroatoms. The lowest BCUT2D eigenvalue weighted by molar-refractivity contribution is 1.26. The maximum absolute atomic E-state index is 3.51. The molecule has 0 spiro atoms. The van der Waals surface area contributed by atoms with Crippen molar-refractivity contribution in [2.45, 2.75) is 12.8 Å². The Labute approximate surface area is 168 Å². The number of rotatable bonds is 0. The van der Waals surface area contributed by atoms with Crippen molar-refractivity contribution in [3.05, 3.63) is 118 Å². The molecule has 4 aromatic carbocycles. The summed E-state index contributed by atoms with van der Waals surface area (Å²) in [6.07, 6.45) is 2.18. The van der Waals surface area contributed by atoms with Gasteiger partial charge < -0.3 is 0 Å². The van der Waals surface area contributed by atoms with Crippen molar-refractivity contribution >= 4 is 15.9 Å². The first-order valence-corrected chi connectivity index (χ1v) is 10.1. The summed E-state index contributed by atoms with van der Waals surface area (Å²) in [6.45, 7) is 0. The zero-order chi connectivity index (χ0) is 18.2. The minimum atomic E-state index is 1.07. The Morgan fingerprint density at radius 3 is 1.37 bits per heavy atom. The first-order valence-electron chi connectivity index (χ1n) is 9.32. The highest BCUT2D eigenvalue weighted by Gasteiger charge is 2.17. The first-order chi connectivity index (χ1) is 13.3. The molecule has 2 aliphatic carbocycles. The molecule has 0 amide bonds. The van der Waals surface area contributed by atoms with Gasteiger partial charge in [0.2, 0.25) is 0 Å². The molecule has 6 rings (SSSR count). The number of halogens is 1. The van der Waals surface area contributed by atoms with Crippen LogP contribution in [0.4, 0.5) is 0 Å². The van der Waals surface area contributed by atoms with Gasteiger partial charge in [-0.15, -0.1) is 0 Å². The van der Waals surface area contributed by atoms with E-state index in [4.69, 9.17) is 0 Å². The molecular formula is C26H19Br. The van der Waals surface area contributed by atoms with E-state index in [1.54, 1.807) is 0 Å². The quantitative estimate of drug-likeness (QED) is 0.246. The van der Waals surface area contributed by atoms with Gasteiger partial charge in [0.15, 0.2) is 0 Å². The largest absolute Gasteiger partial charge is 0.0619 e. The molecule has 0 nitrogen and oxygen atoms in total. The van der Waals surface area contributed by atoms with Gasteiger partial charge in [0.05, 0.1) is 0 Å². The molecule has 0 radical (unpaired) electrons. The standard InChI is InChI=1S/C13H9Br.C13H10/c14-11-5-6-13-10(8-11)7-9-3-1-2-4-12(9)13;1-3-7-12-10(5-1)9-11-6-2-4-8-13(11)12/h1-6,8H,7H2;1-8H,9H2. The molecular weight excluding hydrogens is 392 g/mol. The summed E-state index contributed by atoms with van der Waals surface area (Å²) in [4.78, 5) is 0. The van der Waals surface area contributed by atoms with Gasteiger partial charge in [0, 0.05) is 4.47 Å². The SMILES string of the molecule is Brc1ccc2c(c1)Cc1ccccc1-2.c1ccc2c(c1)Cc1ccccc1-2. The molecule has 0 aromatic heterocycles. The Bertz CT molecular complexity index is 1100. The van der Waals surface area contributed by atoms with Gasteiger partial charge >= 0.3 is 0 Å². The van der Waals surface area contributed by atoms with Gasteiger partial charge in [0.25, 0.3) is 0 Å². The van der Waals surface area contributed by atoms with E-state index in [0.29, 0.717) is 0 Å². The van der Waals surface area contributed by atoms with Crippen LogP contribution in [0.1, 0.15) is 22.3 Å². The molecule has 130 valence electrons. The fraction of sp³-hybridized carbons (Fsp3) is 0.0769. The average molecular weight is 411 g/mol. The van der Waals surface area contributed by atoms with Crippen molar-refractivity contribution in [3.8, 4) is 22.3 Å². The predicted octanol–water partition coefficient (Wildman–Crippen LogP) is 7.28. The fourth-order valence-corrected chi connectivity index (χ4v) is 4.60. The fourth-order valence-electron chi connectivity index (χ4n) is 4.19. The number of fused-ring (bicyclic) bond motifs is 6. The van der Waals surface area contributed by atoms with Gasteiger partial charge in [-0.1, -0.05) is 94.8 Å². The van der Waals surface area contributed by atoms with Crippen LogP contribution in [0.2, 0.25) is 0 Å². The zero-order valence-electron chi connectivity index (χ0n) is 15.0. The Balaban J connectivity index is 0.000000119. The molecule has 0 N–H and O–H groups in total. The number of benzene rings is 4. The van der Waals surface area contributed by atoms with Crippen LogP contribution in [0.15, 0.2) is 95.5 Å². The van der Waals surface area contributed by atoms with E-state index < -0.39 is 0 Å². The van der Waals surface area contributed by atoms with Crippen LogP contribution in [0.25, 0.3) is 22.3 Å². The maximum atomic E-state index is 3.51. The third-order valence-electron chi connectivity index (χ3n) is 5.46. The molecule has 0 saturated carbocycles. The molecule has 0 aliphatic heterocycles. The predicted molar refractivity (Wildman–Crippen MR) is 117 cm³/mol. The van der Waals surface area contributed by atoms with Crippen LogP contribution >= 0.6 is 15.9 Å². The highest BCUT2D eigenvalue weighted by Crippen LogP contribution is 2.37. The van der Waals surface area contributed by atoms with E-state index >= 15 is 0 Å². The maximum Gasteiger partial charge on any atom is 0.0178 e. The van der Waals surface area contributed by atoms with Gasteiger partial charge in [-0.2, -0.15) is 0 Å². The second-order valence-corrected chi connectivity index (χ2v) is 8.04. The van der Waals surface area contributed by atoms with Crippen LogP contribution in [0.5, 0.6) is 0 Å². The van der Waals surface area contributed by atoms with E-state index in [1.165, 1.54) is 49.0 Å². The third-order valence-corrected chi connectivity index (χ3v) is 5.95. The van der Waals surface area contributed by atoms with Crippen LogP contribution in [0.3, 0.4) is 0 Å². The Hall–Kier alpha value is -2.64. The summed E-state index contributed by atoms with van der Waals surface area (Å²) >= 11 is 3.51. The summed E-state index contributed by atoms with van der Waals surface area (Å²) in [5.41, 5.74) is 11.4. The summed E-state index contributed by atoms with van der Waals surface area (Å²) in [5.74, 6) is 0. The molecule has 0 fully saturated rings.